The lowest BCUT2D eigenvalue weighted by molar-refractivity contribution is 0.0698. The quantitative estimate of drug-likeness (QED) is 0.725. The Morgan fingerprint density at radius 1 is 0.905 bits per heavy atom. The van der Waals surface area contributed by atoms with Gasteiger partial charge in [-0.1, -0.05) is 54.6 Å². The standard InChI is InChI=1S/C18H13NO2/c20-18(21)16-10-3-4-11-17(16)19-12-14-8-5-7-13-6-1-2-9-15(13)14/h1-12H,(H,20,21). The first-order chi connectivity index (χ1) is 10.3. The molecule has 21 heavy (non-hydrogen) atoms. The van der Waals surface area contributed by atoms with Crippen molar-refractivity contribution in [1.82, 2.24) is 0 Å². The molecule has 0 saturated heterocycles. The SMILES string of the molecule is O=C(O)c1ccccc1N=Cc1cccc2ccccc12. The highest BCUT2D eigenvalue weighted by atomic mass is 16.4. The van der Waals surface area contributed by atoms with Gasteiger partial charge in [-0.15, -0.1) is 0 Å². The fourth-order valence-electron chi connectivity index (χ4n) is 2.27. The number of hydrogen-bond acceptors (Lipinski definition) is 2. The van der Waals surface area contributed by atoms with Crippen LogP contribution in [0.15, 0.2) is 71.7 Å². The molecule has 0 radical (unpaired) electrons. The first kappa shape index (κ1) is 13.1. The molecule has 0 amide bonds. The van der Waals surface area contributed by atoms with E-state index in [0.29, 0.717) is 5.69 Å². The number of carbonyl (C=O) groups is 1. The Hall–Kier alpha value is -2.94. The molecule has 3 heteroatoms. The molecule has 0 unspecified atom stereocenters. The zero-order valence-corrected chi connectivity index (χ0v) is 11.2. The van der Waals surface area contributed by atoms with Crippen molar-refractivity contribution < 1.29 is 9.90 Å². The van der Waals surface area contributed by atoms with Crippen LogP contribution >= 0.6 is 0 Å². The highest BCUT2D eigenvalue weighted by molar-refractivity contribution is 6.01. The number of hydrogen-bond donors (Lipinski definition) is 1. The van der Waals surface area contributed by atoms with E-state index in [1.807, 2.05) is 42.5 Å². The normalized spacial score (nSPS) is 11.0. The molecule has 3 aromatic rings. The summed E-state index contributed by atoms with van der Waals surface area (Å²) < 4.78 is 0. The average molecular weight is 275 g/mol. The second-order valence-corrected chi connectivity index (χ2v) is 4.65. The van der Waals surface area contributed by atoms with Gasteiger partial charge in [0.1, 0.15) is 0 Å². The summed E-state index contributed by atoms with van der Waals surface area (Å²) in [6.07, 6.45) is 1.71. The van der Waals surface area contributed by atoms with Crippen LogP contribution in [0.3, 0.4) is 0 Å². The molecular formula is C18H13NO2. The van der Waals surface area contributed by atoms with Crippen LogP contribution in [-0.4, -0.2) is 17.3 Å². The van der Waals surface area contributed by atoms with Crippen LogP contribution in [0, 0.1) is 0 Å². The topological polar surface area (TPSA) is 49.7 Å². The summed E-state index contributed by atoms with van der Waals surface area (Å²) in [5, 5.41) is 11.4. The van der Waals surface area contributed by atoms with Crippen molar-refractivity contribution in [3.05, 3.63) is 77.9 Å². The van der Waals surface area contributed by atoms with Crippen molar-refractivity contribution in [2.24, 2.45) is 4.99 Å². The first-order valence-electron chi connectivity index (χ1n) is 6.60. The lowest BCUT2D eigenvalue weighted by Crippen LogP contribution is -1.96. The average Bonchev–Trinajstić information content (AvgIpc) is 2.53. The predicted octanol–water partition coefficient (Wildman–Crippen LogP) is 4.29. The number of aliphatic imine (C=N–C) groups is 1. The Balaban J connectivity index is 2.05. The fraction of sp³-hybridized carbons (Fsp3) is 0. The van der Waals surface area contributed by atoms with Gasteiger partial charge < -0.3 is 5.11 Å². The van der Waals surface area contributed by atoms with Gasteiger partial charge in [0.25, 0.3) is 0 Å². The van der Waals surface area contributed by atoms with E-state index in [0.717, 1.165) is 16.3 Å². The van der Waals surface area contributed by atoms with Crippen LogP contribution in [0.25, 0.3) is 10.8 Å². The summed E-state index contributed by atoms with van der Waals surface area (Å²) in [4.78, 5) is 15.5. The number of para-hydroxylation sites is 1. The van der Waals surface area contributed by atoms with E-state index in [1.54, 1.807) is 30.5 Å². The van der Waals surface area contributed by atoms with E-state index in [1.165, 1.54) is 0 Å². The zero-order valence-electron chi connectivity index (χ0n) is 11.2. The van der Waals surface area contributed by atoms with Crippen LogP contribution in [0.4, 0.5) is 5.69 Å². The second-order valence-electron chi connectivity index (χ2n) is 4.65. The van der Waals surface area contributed by atoms with E-state index in [2.05, 4.69) is 4.99 Å². The summed E-state index contributed by atoms with van der Waals surface area (Å²) in [6.45, 7) is 0. The Bertz CT molecular complexity index is 832. The number of nitrogens with zero attached hydrogens (tertiary/aromatic N) is 1. The third-order valence-corrected chi connectivity index (χ3v) is 3.30. The minimum Gasteiger partial charge on any atom is -0.478 e. The van der Waals surface area contributed by atoms with E-state index in [-0.39, 0.29) is 5.56 Å². The van der Waals surface area contributed by atoms with Gasteiger partial charge in [-0.3, -0.25) is 4.99 Å². The van der Waals surface area contributed by atoms with Crippen molar-refractivity contribution in [2.45, 2.75) is 0 Å². The van der Waals surface area contributed by atoms with E-state index < -0.39 is 5.97 Å². The lowest BCUT2D eigenvalue weighted by atomic mass is 10.1. The van der Waals surface area contributed by atoms with Crippen LogP contribution in [0.2, 0.25) is 0 Å². The maximum atomic E-state index is 11.2. The summed E-state index contributed by atoms with van der Waals surface area (Å²) in [5.74, 6) is -0.972. The van der Waals surface area contributed by atoms with Gasteiger partial charge in [-0.2, -0.15) is 0 Å². The van der Waals surface area contributed by atoms with E-state index >= 15 is 0 Å². The fourth-order valence-corrected chi connectivity index (χ4v) is 2.27. The number of fused-ring (bicyclic) bond motifs is 1. The third-order valence-electron chi connectivity index (χ3n) is 3.30. The largest absolute Gasteiger partial charge is 0.478 e. The van der Waals surface area contributed by atoms with Gasteiger partial charge >= 0.3 is 5.97 Å². The van der Waals surface area contributed by atoms with Crippen molar-refractivity contribution in [2.75, 3.05) is 0 Å². The van der Waals surface area contributed by atoms with Crippen molar-refractivity contribution in [3.63, 3.8) is 0 Å². The molecule has 0 bridgehead atoms. The van der Waals surface area contributed by atoms with Crippen LogP contribution < -0.4 is 0 Å². The zero-order chi connectivity index (χ0) is 14.7. The maximum absolute atomic E-state index is 11.2. The van der Waals surface area contributed by atoms with E-state index in [9.17, 15) is 4.79 Å². The maximum Gasteiger partial charge on any atom is 0.337 e. The number of carboxylic acid groups (broad SMARTS) is 1. The molecule has 0 spiro atoms. The number of rotatable bonds is 3. The lowest BCUT2D eigenvalue weighted by Gasteiger charge is -2.02. The smallest absolute Gasteiger partial charge is 0.337 e. The Morgan fingerprint density at radius 2 is 1.62 bits per heavy atom. The molecule has 0 aliphatic carbocycles. The molecule has 0 aliphatic rings. The van der Waals surface area contributed by atoms with E-state index in [4.69, 9.17) is 5.11 Å². The Morgan fingerprint density at radius 3 is 2.48 bits per heavy atom. The van der Waals surface area contributed by atoms with Gasteiger partial charge in [0.05, 0.1) is 11.3 Å². The summed E-state index contributed by atoms with van der Waals surface area (Å²) >= 11 is 0. The predicted molar refractivity (Wildman–Crippen MR) is 84.6 cm³/mol. The number of benzene rings is 3. The summed E-state index contributed by atoms with van der Waals surface area (Å²) in [5.41, 5.74) is 1.63. The summed E-state index contributed by atoms with van der Waals surface area (Å²) in [7, 11) is 0. The first-order valence-corrected chi connectivity index (χ1v) is 6.60. The van der Waals surface area contributed by atoms with Crippen LogP contribution in [0.1, 0.15) is 15.9 Å². The van der Waals surface area contributed by atoms with Crippen LogP contribution in [-0.2, 0) is 0 Å². The molecule has 0 saturated carbocycles. The van der Waals surface area contributed by atoms with Gasteiger partial charge in [0.15, 0.2) is 0 Å². The van der Waals surface area contributed by atoms with Gasteiger partial charge in [-0.25, -0.2) is 4.79 Å². The molecule has 1 N–H and O–H groups in total. The van der Waals surface area contributed by atoms with Crippen molar-refractivity contribution in [1.29, 1.82) is 0 Å². The Labute approximate surface area is 122 Å². The molecule has 3 nitrogen and oxygen atoms in total. The minimum atomic E-state index is -0.972. The van der Waals surface area contributed by atoms with Gasteiger partial charge in [0.2, 0.25) is 0 Å². The molecule has 0 heterocycles. The molecule has 0 fully saturated rings. The molecule has 3 rings (SSSR count). The monoisotopic (exact) mass is 275 g/mol. The number of carboxylic acids is 1. The van der Waals surface area contributed by atoms with Gasteiger partial charge in [-0.05, 0) is 22.9 Å². The minimum absolute atomic E-state index is 0.203. The summed E-state index contributed by atoms with van der Waals surface area (Å²) in [6, 6.07) is 20.7. The Kier molecular flexibility index (Phi) is 3.48. The molecular weight excluding hydrogens is 262 g/mol. The third kappa shape index (κ3) is 2.67. The highest BCUT2D eigenvalue weighted by Crippen LogP contribution is 2.21. The van der Waals surface area contributed by atoms with Gasteiger partial charge in [0, 0.05) is 11.8 Å². The second kappa shape index (κ2) is 5.59. The van der Waals surface area contributed by atoms with Crippen LogP contribution in [0.5, 0.6) is 0 Å². The molecule has 102 valence electrons. The molecule has 3 aromatic carbocycles. The highest BCUT2D eigenvalue weighted by Gasteiger charge is 2.07. The molecule has 0 aliphatic heterocycles. The van der Waals surface area contributed by atoms with Crippen molar-refractivity contribution in [3.8, 4) is 0 Å². The number of aromatic carboxylic acids is 1. The van der Waals surface area contributed by atoms with Crippen molar-refractivity contribution >= 4 is 28.6 Å². The molecule has 0 aromatic heterocycles. The molecule has 0 atom stereocenters.